The van der Waals surface area contributed by atoms with E-state index in [-0.39, 0.29) is 22.9 Å². The minimum atomic E-state index is -0.697. The highest BCUT2D eigenvalue weighted by atomic mass is 35.5. The molecule has 116 valence electrons. The molecule has 1 amide bonds. The maximum absolute atomic E-state index is 12.3. The SMILES string of the molecule is COC(=O)[C@@H](NC(=O)c1cc(Cl)nc(C(C)C)c1)C(C)C. The Hall–Kier alpha value is -1.62. The van der Waals surface area contributed by atoms with Gasteiger partial charge >= 0.3 is 5.97 Å². The van der Waals surface area contributed by atoms with Crippen LogP contribution in [0.5, 0.6) is 0 Å². The van der Waals surface area contributed by atoms with E-state index in [0.717, 1.165) is 5.69 Å². The average molecular weight is 313 g/mol. The van der Waals surface area contributed by atoms with Crippen LogP contribution in [-0.2, 0) is 9.53 Å². The number of hydrogen-bond donors (Lipinski definition) is 1. The third-order valence-electron chi connectivity index (χ3n) is 3.08. The Labute approximate surface area is 130 Å². The fourth-order valence-corrected chi connectivity index (χ4v) is 2.01. The van der Waals surface area contributed by atoms with E-state index in [9.17, 15) is 9.59 Å². The third kappa shape index (κ3) is 4.70. The summed E-state index contributed by atoms with van der Waals surface area (Å²) in [6.45, 7) is 7.60. The van der Waals surface area contributed by atoms with E-state index in [1.54, 1.807) is 6.07 Å². The van der Waals surface area contributed by atoms with Crippen LogP contribution in [0.15, 0.2) is 12.1 Å². The van der Waals surface area contributed by atoms with Crippen molar-refractivity contribution >= 4 is 23.5 Å². The summed E-state index contributed by atoms with van der Waals surface area (Å²) < 4.78 is 4.70. The van der Waals surface area contributed by atoms with Crippen LogP contribution in [0.2, 0.25) is 5.15 Å². The molecule has 0 aliphatic rings. The predicted octanol–water partition coefficient (Wildman–Crippen LogP) is 2.79. The molecule has 0 bridgehead atoms. The monoisotopic (exact) mass is 312 g/mol. The number of esters is 1. The van der Waals surface area contributed by atoms with Crippen molar-refractivity contribution < 1.29 is 14.3 Å². The van der Waals surface area contributed by atoms with Gasteiger partial charge in [-0.15, -0.1) is 0 Å². The summed E-state index contributed by atoms with van der Waals surface area (Å²) in [5.41, 5.74) is 1.11. The zero-order valence-corrected chi connectivity index (χ0v) is 13.7. The van der Waals surface area contributed by atoms with E-state index in [1.165, 1.54) is 13.2 Å². The summed E-state index contributed by atoms with van der Waals surface area (Å²) >= 11 is 5.94. The van der Waals surface area contributed by atoms with Crippen molar-refractivity contribution in [2.24, 2.45) is 5.92 Å². The Morgan fingerprint density at radius 2 is 1.86 bits per heavy atom. The second-order valence-corrected chi connectivity index (χ2v) is 5.86. The van der Waals surface area contributed by atoms with Crippen molar-refractivity contribution in [1.82, 2.24) is 10.3 Å². The lowest BCUT2D eigenvalue weighted by molar-refractivity contribution is -0.144. The molecule has 0 saturated carbocycles. The van der Waals surface area contributed by atoms with Gasteiger partial charge < -0.3 is 10.1 Å². The molecule has 6 heteroatoms. The van der Waals surface area contributed by atoms with Gasteiger partial charge in [-0.1, -0.05) is 39.3 Å². The second-order valence-electron chi connectivity index (χ2n) is 5.48. The molecule has 21 heavy (non-hydrogen) atoms. The van der Waals surface area contributed by atoms with Crippen LogP contribution in [0.3, 0.4) is 0 Å². The van der Waals surface area contributed by atoms with E-state index in [1.807, 2.05) is 27.7 Å². The summed E-state index contributed by atoms with van der Waals surface area (Å²) in [5, 5.41) is 2.93. The van der Waals surface area contributed by atoms with Crippen molar-refractivity contribution in [2.75, 3.05) is 7.11 Å². The van der Waals surface area contributed by atoms with Gasteiger partial charge in [0.05, 0.1) is 7.11 Å². The number of nitrogens with one attached hydrogen (secondary N) is 1. The van der Waals surface area contributed by atoms with Crippen molar-refractivity contribution in [3.05, 3.63) is 28.5 Å². The molecule has 1 atom stereocenters. The van der Waals surface area contributed by atoms with Gasteiger partial charge in [0.1, 0.15) is 11.2 Å². The first-order valence-electron chi connectivity index (χ1n) is 6.82. The van der Waals surface area contributed by atoms with Gasteiger partial charge in [0.25, 0.3) is 5.91 Å². The molecule has 0 unspecified atom stereocenters. The number of carbonyl (C=O) groups is 2. The van der Waals surface area contributed by atoms with Gasteiger partial charge in [-0.2, -0.15) is 0 Å². The number of amides is 1. The van der Waals surface area contributed by atoms with Crippen LogP contribution in [0.1, 0.15) is 49.7 Å². The molecule has 1 aromatic rings. The first kappa shape index (κ1) is 17.4. The van der Waals surface area contributed by atoms with Crippen LogP contribution >= 0.6 is 11.6 Å². The number of aromatic nitrogens is 1. The standard InChI is InChI=1S/C15H21ClN2O3/c1-8(2)11-6-10(7-12(16)17-11)14(19)18-13(9(3)4)15(20)21-5/h6-9,13H,1-5H3,(H,18,19)/t13-/m0/s1. The highest BCUT2D eigenvalue weighted by Crippen LogP contribution is 2.18. The van der Waals surface area contributed by atoms with Crippen molar-refractivity contribution in [1.29, 1.82) is 0 Å². The van der Waals surface area contributed by atoms with Gasteiger partial charge in [0, 0.05) is 11.3 Å². The Kier molecular flexibility index (Phi) is 6.15. The average Bonchev–Trinajstić information content (AvgIpc) is 2.42. The first-order chi connectivity index (χ1) is 9.76. The maximum Gasteiger partial charge on any atom is 0.328 e. The number of rotatable bonds is 5. The normalized spacial score (nSPS) is 12.4. The zero-order chi connectivity index (χ0) is 16.2. The number of ether oxygens (including phenoxy) is 1. The van der Waals surface area contributed by atoms with Gasteiger partial charge in [-0.25, -0.2) is 9.78 Å². The molecule has 0 saturated heterocycles. The lowest BCUT2D eigenvalue weighted by atomic mass is 10.0. The Bertz CT molecular complexity index is 530. The van der Waals surface area contributed by atoms with Crippen LogP contribution in [0.4, 0.5) is 0 Å². The summed E-state index contributed by atoms with van der Waals surface area (Å²) in [7, 11) is 1.30. The number of pyridine rings is 1. The number of hydrogen-bond acceptors (Lipinski definition) is 4. The zero-order valence-electron chi connectivity index (χ0n) is 12.9. The van der Waals surface area contributed by atoms with E-state index < -0.39 is 12.0 Å². The fourth-order valence-electron chi connectivity index (χ4n) is 1.79. The number of carbonyl (C=O) groups excluding carboxylic acids is 2. The number of methoxy groups -OCH3 is 1. The topological polar surface area (TPSA) is 68.3 Å². The molecule has 0 aliphatic carbocycles. The van der Waals surface area contributed by atoms with E-state index >= 15 is 0 Å². The summed E-state index contributed by atoms with van der Waals surface area (Å²) in [6, 6.07) is 2.47. The molecule has 0 spiro atoms. The van der Waals surface area contributed by atoms with Crippen LogP contribution < -0.4 is 5.32 Å². The molecule has 1 aromatic heterocycles. The number of halogens is 1. The largest absolute Gasteiger partial charge is 0.467 e. The molecule has 1 heterocycles. The molecule has 0 radical (unpaired) electrons. The van der Waals surface area contributed by atoms with Crippen molar-refractivity contribution in [3.63, 3.8) is 0 Å². The molecular weight excluding hydrogens is 292 g/mol. The number of nitrogens with zero attached hydrogens (tertiary/aromatic N) is 1. The Balaban J connectivity index is 3.00. The van der Waals surface area contributed by atoms with Gasteiger partial charge in [-0.05, 0) is 24.0 Å². The van der Waals surface area contributed by atoms with Gasteiger partial charge in [0.2, 0.25) is 0 Å². The quantitative estimate of drug-likeness (QED) is 0.670. The lowest BCUT2D eigenvalue weighted by Gasteiger charge is -2.20. The molecule has 5 nitrogen and oxygen atoms in total. The van der Waals surface area contributed by atoms with Crippen LogP contribution in [0, 0.1) is 5.92 Å². The Morgan fingerprint density at radius 3 is 2.33 bits per heavy atom. The smallest absolute Gasteiger partial charge is 0.328 e. The van der Waals surface area contributed by atoms with Gasteiger partial charge in [0.15, 0.2) is 0 Å². The van der Waals surface area contributed by atoms with Gasteiger partial charge in [-0.3, -0.25) is 4.79 Å². The molecule has 0 aliphatic heterocycles. The third-order valence-corrected chi connectivity index (χ3v) is 3.27. The molecule has 1 rings (SSSR count). The minimum Gasteiger partial charge on any atom is -0.467 e. The van der Waals surface area contributed by atoms with Crippen molar-refractivity contribution in [2.45, 2.75) is 39.7 Å². The van der Waals surface area contributed by atoms with Crippen LogP contribution in [0.25, 0.3) is 0 Å². The summed E-state index contributed by atoms with van der Waals surface area (Å²) in [5.74, 6) is -0.770. The molecule has 1 N–H and O–H groups in total. The summed E-state index contributed by atoms with van der Waals surface area (Å²) in [6.07, 6.45) is 0. The second kappa shape index (κ2) is 7.41. The van der Waals surface area contributed by atoms with Crippen molar-refractivity contribution in [3.8, 4) is 0 Å². The Morgan fingerprint density at radius 1 is 1.24 bits per heavy atom. The highest BCUT2D eigenvalue weighted by Gasteiger charge is 2.25. The lowest BCUT2D eigenvalue weighted by Crippen LogP contribution is -2.45. The van der Waals surface area contributed by atoms with Crippen LogP contribution in [-0.4, -0.2) is 30.0 Å². The minimum absolute atomic E-state index is 0.0803. The molecule has 0 fully saturated rings. The predicted molar refractivity (Wildman–Crippen MR) is 81.4 cm³/mol. The molecule has 0 aromatic carbocycles. The summed E-state index contributed by atoms with van der Waals surface area (Å²) in [4.78, 5) is 28.2. The van der Waals surface area contributed by atoms with E-state index in [4.69, 9.17) is 16.3 Å². The van der Waals surface area contributed by atoms with E-state index in [2.05, 4.69) is 10.3 Å². The molecular formula is C15H21ClN2O3. The first-order valence-corrected chi connectivity index (χ1v) is 7.20. The highest BCUT2D eigenvalue weighted by molar-refractivity contribution is 6.29. The fraction of sp³-hybridized carbons (Fsp3) is 0.533. The maximum atomic E-state index is 12.3. The van der Waals surface area contributed by atoms with E-state index in [0.29, 0.717) is 5.56 Å².